The molecule has 1 rings (SSSR count). The summed E-state index contributed by atoms with van der Waals surface area (Å²) in [5.41, 5.74) is 1.58. The van der Waals surface area contributed by atoms with Gasteiger partial charge in [-0.05, 0) is 0 Å². The van der Waals surface area contributed by atoms with E-state index in [2.05, 4.69) is 10.3 Å². The Morgan fingerprint density at radius 1 is 1.50 bits per heavy atom. The summed E-state index contributed by atoms with van der Waals surface area (Å²) >= 11 is 0. The van der Waals surface area contributed by atoms with Crippen LogP contribution < -0.4 is 5.43 Å². The van der Waals surface area contributed by atoms with E-state index in [-0.39, 0.29) is 0 Å². The van der Waals surface area contributed by atoms with E-state index in [4.69, 9.17) is 0 Å². The van der Waals surface area contributed by atoms with Crippen molar-refractivity contribution in [1.82, 2.24) is 5.43 Å². The first-order chi connectivity index (χ1) is 4.52. The van der Waals surface area contributed by atoms with Crippen LogP contribution in [0.1, 0.15) is 0 Å². The second-order valence-corrected chi connectivity index (χ2v) is 1.64. The number of hydrogen-bond acceptors (Lipinski definition) is 3. The Bertz CT molecular complexity index is 186. The van der Waals surface area contributed by atoms with Gasteiger partial charge in [0.25, 0.3) is 5.91 Å². The van der Waals surface area contributed by atoms with Crippen molar-refractivity contribution < 1.29 is 18.0 Å². The molecule has 0 aliphatic carbocycles. The van der Waals surface area contributed by atoms with Crippen LogP contribution in [0.2, 0.25) is 0 Å². The Morgan fingerprint density at radius 2 is 2.10 bits per heavy atom. The van der Waals surface area contributed by atoms with Gasteiger partial charge in [-0.3, -0.25) is 4.79 Å². The molecule has 0 aromatic heterocycles. The molecule has 1 amide bonds. The number of nitrogens with zero attached hydrogens (tertiary/aromatic N) is 2. The van der Waals surface area contributed by atoms with Gasteiger partial charge >= 0.3 is 6.18 Å². The molecule has 1 N–H and O–H groups in total. The topological polar surface area (TPSA) is 53.8 Å². The molecule has 0 fully saturated rings. The van der Waals surface area contributed by atoms with E-state index < -0.39 is 18.1 Å². The Balaban J connectivity index is 2.73. The van der Waals surface area contributed by atoms with E-state index in [1.165, 1.54) is 0 Å². The molecule has 0 saturated carbocycles. The molecular formula is C3H2F3N3O. The number of rotatable bonds is 0. The Hall–Kier alpha value is -1.14. The quantitative estimate of drug-likeness (QED) is 0.538. The minimum absolute atomic E-state index is 1.23. The highest BCUT2D eigenvalue weighted by atomic mass is 19.4. The predicted molar refractivity (Wildman–Crippen MR) is 22.8 cm³/mol. The third-order valence-electron chi connectivity index (χ3n) is 0.892. The van der Waals surface area contributed by atoms with Crippen molar-refractivity contribution in [3.05, 3.63) is 0 Å². The van der Waals surface area contributed by atoms with E-state index in [9.17, 15) is 18.0 Å². The number of nitrogens with one attached hydrogen (secondary N) is 1. The summed E-state index contributed by atoms with van der Waals surface area (Å²) in [6, 6.07) is -2.31. The average Bonchev–Trinajstić information content (AvgIpc) is 2.11. The summed E-state index contributed by atoms with van der Waals surface area (Å²) < 4.78 is 34.8. The number of amides is 1. The van der Waals surface area contributed by atoms with Crippen molar-refractivity contribution in [1.29, 1.82) is 0 Å². The normalized spacial score (nSPS) is 25.1. The van der Waals surface area contributed by atoms with E-state index >= 15 is 0 Å². The molecule has 1 atom stereocenters. The largest absolute Gasteiger partial charge is 0.421 e. The zero-order chi connectivity index (χ0) is 7.78. The molecule has 0 bridgehead atoms. The van der Waals surface area contributed by atoms with Gasteiger partial charge in [-0.15, -0.1) is 5.11 Å². The maximum atomic E-state index is 11.6. The van der Waals surface area contributed by atoms with Crippen molar-refractivity contribution in [2.75, 3.05) is 0 Å². The van der Waals surface area contributed by atoms with Gasteiger partial charge < -0.3 is 0 Å². The van der Waals surface area contributed by atoms with Gasteiger partial charge in [-0.1, -0.05) is 5.22 Å². The van der Waals surface area contributed by atoms with Crippen LogP contribution in [-0.2, 0) is 4.79 Å². The van der Waals surface area contributed by atoms with Gasteiger partial charge in [0.05, 0.1) is 0 Å². The zero-order valence-corrected chi connectivity index (χ0v) is 4.51. The lowest BCUT2D eigenvalue weighted by molar-refractivity contribution is -0.159. The fraction of sp³-hybridized carbons (Fsp3) is 0.667. The fourth-order valence-corrected chi connectivity index (χ4v) is 0.464. The lowest BCUT2D eigenvalue weighted by Crippen LogP contribution is -2.36. The Kier molecular flexibility index (Phi) is 1.34. The van der Waals surface area contributed by atoms with Gasteiger partial charge in [-0.25, -0.2) is 5.43 Å². The van der Waals surface area contributed by atoms with Crippen LogP contribution in [0.3, 0.4) is 0 Å². The van der Waals surface area contributed by atoms with Crippen LogP contribution in [0.4, 0.5) is 13.2 Å². The molecule has 7 heteroatoms. The van der Waals surface area contributed by atoms with Crippen molar-refractivity contribution in [3.8, 4) is 0 Å². The van der Waals surface area contributed by atoms with E-state index in [0.29, 0.717) is 0 Å². The molecule has 0 spiro atoms. The molecule has 1 aliphatic heterocycles. The highest BCUT2D eigenvalue weighted by Gasteiger charge is 2.47. The second-order valence-electron chi connectivity index (χ2n) is 1.64. The van der Waals surface area contributed by atoms with E-state index in [1.54, 1.807) is 5.43 Å². The summed E-state index contributed by atoms with van der Waals surface area (Å²) in [6.45, 7) is 0. The standard InChI is InChI=1S/C3H2F3N3O/c4-3(5,6)1-2(10)8-9-7-1/h1H,(H,7,8,10). The third kappa shape index (κ3) is 1.07. The minimum Gasteiger partial charge on any atom is -0.270 e. The summed E-state index contributed by atoms with van der Waals surface area (Å²) in [7, 11) is 0. The molecule has 1 aliphatic rings. The molecule has 0 radical (unpaired) electrons. The first kappa shape index (κ1) is 6.97. The smallest absolute Gasteiger partial charge is 0.270 e. The molecule has 56 valence electrons. The van der Waals surface area contributed by atoms with Gasteiger partial charge in [0, 0.05) is 0 Å². The van der Waals surface area contributed by atoms with Gasteiger partial charge in [0.2, 0.25) is 6.04 Å². The van der Waals surface area contributed by atoms with Gasteiger partial charge in [0.15, 0.2) is 0 Å². The highest BCUT2D eigenvalue weighted by molar-refractivity contribution is 5.83. The van der Waals surface area contributed by atoms with Crippen molar-refractivity contribution in [3.63, 3.8) is 0 Å². The lowest BCUT2D eigenvalue weighted by atomic mass is 10.3. The van der Waals surface area contributed by atoms with Crippen LogP contribution in [0.25, 0.3) is 0 Å². The van der Waals surface area contributed by atoms with Crippen LogP contribution in [-0.4, -0.2) is 18.1 Å². The molecular weight excluding hydrogens is 151 g/mol. The van der Waals surface area contributed by atoms with Gasteiger partial charge in [-0.2, -0.15) is 13.2 Å². The highest BCUT2D eigenvalue weighted by Crippen LogP contribution is 2.24. The molecule has 1 unspecified atom stereocenters. The first-order valence-electron chi connectivity index (χ1n) is 2.28. The Labute approximate surface area is 53.1 Å². The maximum Gasteiger partial charge on any atom is 0.421 e. The number of carbonyl (C=O) groups is 1. The van der Waals surface area contributed by atoms with E-state index in [0.717, 1.165) is 0 Å². The minimum atomic E-state index is -4.62. The average molecular weight is 153 g/mol. The van der Waals surface area contributed by atoms with Crippen molar-refractivity contribution >= 4 is 5.91 Å². The molecule has 1 heterocycles. The maximum absolute atomic E-state index is 11.6. The zero-order valence-electron chi connectivity index (χ0n) is 4.51. The lowest BCUT2D eigenvalue weighted by Gasteiger charge is -2.06. The third-order valence-corrected chi connectivity index (χ3v) is 0.892. The second kappa shape index (κ2) is 1.93. The molecule has 0 aromatic rings. The summed E-state index contributed by atoms with van der Waals surface area (Å²) in [5, 5.41) is 5.35. The molecule has 4 nitrogen and oxygen atoms in total. The number of hydrogen-bond donors (Lipinski definition) is 1. The Morgan fingerprint density at radius 3 is 2.30 bits per heavy atom. The summed E-state index contributed by atoms with van der Waals surface area (Å²) in [6.07, 6.45) is -4.62. The monoisotopic (exact) mass is 153 g/mol. The van der Waals surface area contributed by atoms with Gasteiger partial charge in [0.1, 0.15) is 0 Å². The fourth-order valence-electron chi connectivity index (χ4n) is 0.464. The molecule has 0 aromatic carbocycles. The van der Waals surface area contributed by atoms with Crippen LogP contribution in [0.5, 0.6) is 0 Å². The van der Waals surface area contributed by atoms with Crippen molar-refractivity contribution in [2.45, 2.75) is 12.2 Å². The summed E-state index contributed by atoms with van der Waals surface area (Å²) in [5.74, 6) is -1.23. The van der Waals surface area contributed by atoms with Crippen LogP contribution in [0.15, 0.2) is 10.3 Å². The SMILES string of the molecule is O=C1NN=NC1C(F)(F)F. The number of halogens is 3. The van der Waals surface area contributed by atoms with E-state index in [1.807, 2.05) is 0 Å². The summed E-state index contributed by atoms with van der Waals surface area (Å²) in [4.78, 5) is 10.2. The van der Waals surface area contributed by atoms with Crippen molar-refractivity contribution in [2.24, 2.45) is 10.3 Å². The molecule has 0 saturated heterocycles. The molecule has 10 heavy (non-hydrogen) atoms. The first-order valence-corrected chi connectivity index (χ1v) is 2.28. The predicted octanol–water partition coefficient (Wildman–Crippen LogP) is 0.414. The van der Waals surface area contributed by atoms with Crippen LogP contribution in [0, 0.1) is 0 Å². The van der Waals surface area contributed by atoms with Crippen LogP contribution >= 0.6 is 0 Å². The number of carbonyl (C=O) groups excluding carboxylic acids is 1. The number of alkyl halides is 3.